The number of aryl methyl sites for hydroxylation is 1. The molecule has 3 aromatic rings. The van der Waals surface area contributed by atoms with E-state index in [-0.39, 0.29) is 11.7 Å². The van der Waals surface area contributed by atoms with Crippen LogP contribution in [0.2, 0.25) is 0 Å². The van der Waals surface area contributed by atoms with Crippen LogP contribution >= 0.6 is 11.3 Å². The average molecular weight is 372 g/mol. The monoisotopic (exact) mass is 371 g/mol. The molecule has 0 radical (unpaired) electrons. The van der Waals surface area contributed by atoms with Crippen molar-refractivity contribution in [2.75, 3.05) is 13.1 Å². The molecule has 3 aromatic heterocycles. The van der Waals surface area contributed by atoms with Crippen LogP contribution in [-0.2, 0) is 6.42 Å². The summed E-state index contributed by atoms with van der Waals surface area (Å²) in [7, 11) is 0. The first-order valence-electron chi connectivity index (χ1n) is 9.59. The summed E-state index contributed by atoms with van der Waals surface area (Å²) in [5.74, 6) is 0.698. The Kier molecular flexibility index (Phi) is 4.65. The maximum absolute atomic E-state index is 12.8. The van der Waals surface area contributed by atoms with Crippen LogP contribution in [0, 0.1) is 0 Å². The number of fused-ring (bicyclic) bond motifs is 5. The van der Waals surface area contributed by atoms with Gasteiger partial charge in [0.1, 0.15) is 11.2 Å². The molecule has 0 aromatic carbocycles. The number of amides is 1. The predicted octanol–water partition coefficient (Wildman–Crippen LogP) is 4.04. The minimum absolute atomic E-state index is 0.0880. The van der Waals surface area contributed by atoms with Crippen LogP contribution in [0.5, 0.6) is 0 Å². The normalized spacial score (nSPS) is 17.0. The summed E-state index contributed by atoms with van der Waals surface area (Å²) in [5, 5.41) is 5.55. The first-order valence-corrected chi connectivity index (χ1v) is 10.4. The third-order valence-electron chi connectivity index (χ3n) is 5.32. The molecule has 1 amide bonds. The van der Waals surface area contributed by atoms with Gasteiger partial charge < -0.3 is 4.90 Å². The molecule has 1 aliphatic rings. The molecule has 0 bridgehead atoms. The van der Waals surface area contributed by atoms with E-state index in [9.17, 15) is 4.79 Å². The Labute approximate surface area is 157 Å². The second kappa shape index (κ2) is 6.95. The van der Waals surface area contributed by atoms with Gasteiger partial charge in [0.25, 0.3) is 5.91 Å². The summed E-state index contributed by atoms with van der Waals surface area (Å²) in [6.45, 7) is 7.83. The first-order chi connectivity index (χ1) is 12.6. The first kappa shape index (κ1) is 17.4. The number of hydrogen-bond acceptors (Lipinski definition) is 5. The Hall–Kier alpha value is -2.02. The van der Waals surface area contributed by atoms with Gasteiger partial charge in [-0.25, -0.2) is 14.5 Å². The maximum atomic E-state index is 12.8. The van der Waals surface area contributed by atoms with Crippen LogP contribution in [0.3, 0.4) is 0 Å². The topological polar surface area (TPSA) is 63.4 Å². The fourth-order valence-corrected chi connectivity index (χ4v) is 5.17. The third-order valence-corrected chi connectivity index (χ3v) is 6.49. The lowest BCUT2D eigenvalue weighted by atomic mass is 9.87. The molecule has 0 fully saturated rings. The van der Waals surface area contributed by atoms with Crippen molar-refractivity contribution in [1.82, 2.24) is 24.5 Å². The molecule has 26 heavy (non-hydrogen) atoms. The highest BCUT2D eigenvalue weighted by molar-refractivity contribution is 7.19. The zero-order valence-electron chi connectivity index (χ0n) is 15.7. The molecular formula is C19H25N5OS. The fourth-order valence-electron chi connectivity index (χ4n) is 3.87. The van der Waals surface area contributed by atoms with Crippen molar-refractivity contribution < 1.29 is 4.79 Å². The van der Waals surface area contributed by atoms with Crippen molar-refractivity contribution in [3.05, 3.63) is 22.6 Å². The van der Waals surface area contributed by atoms with Crippen molar-refractivity contribution in [2.24, 2.45) is 0 Å². The minimum atomic E-state index is -0.0880. The number of carbonyl (C=O) groups excluding carboxylic acids is 1. The van der Waals surface area contributed by atoms with Gasteiger partial charge in [0, 0.05) is 18.0 Å². The quantitative estimate of drug-likeness (QED) is 0.679. The second-order valence-electron chi connectivity index (χ2n) is 7.10. The Bertz CT molecular complexity index is 960. The molecule has 1 atom stereocenters. The van der Waals surface area contributed by atoms with Crippen LogP contribution in [0.4, 0.5) is 0 Å². The summed E-state index contributed by atoms with van der Waals surface area (Å²) in [4.78, 5) is 26.4. The van der Waals surface area contributed by atoms with E-state index in [0.29, 0.717) is 12.5 Å². The summed E-state index contributed by atoms with van der Waals surface area (Å²) < 4.78 is 1.68. The number of unbranched alkanes of at least 4 members (excludes halogenated alkanes) is 1. The third kappa shape index (κ3) is 2.78. The number of aromatic nitrogens is 4. The van der Waals surface area contributed by atoms with E-state index in [0.717, 1.165) is 41.7 Å². The lowest BCUT2D eigenvalue weighted by Gasteiger charge is -2.18. The standard InChI is InChI=1S/C19H25N5OS/c1-4-6-10-23(5-2)19(25)16-21-17-15-14-12(3)8-7-9-13(14)26-18(15)20-11-24(17)22-16/h11-12H,4-10H2,1-3H3/t12-/m1/s1. The number of hydrogen-bond donors (Lipinski definition) is 0. The van der Waals surface area contributed by atoms with Crippen LogP contribution in [0.1, 0.15) is 73.4 Å². The molecule has 0 spiro atoms. The molecular weight excluding hydrogens is 346 g/mol. The molecule has 6 nitrogen and oxygen atoms in total. The lowest BCUT2D eigenvalue weighted by molar-refractivity contribution is 0.0750. The van der Waals surface area contributed by atoms with E-state index in [2.05, 4.69) is 28.9 Å². The van der Waals surface area contributed by atoms with Gasteiger partial charge in [0.15, 0.2) is 5.65 Å². The molecule has 0 N–H and O–H groups in total. The van der Waals surface area contributed by atoms with Crippen molar-refractivity contribution in [2.45, 2.75) is 58.8 Å². The molecule has 0 saturated carbocycles. The largest absolute Gasteiger partial charge is 0.336 e. The number of nitrogens with zero attached hydrogens (tertiary/aromatic N) is 5. The van der Waals surface area contributed by atoms with Crippen molar-refractivity contribution >= 4 is 33.1 Å². The summed E-state index contributed by atoms with van der Waals surface area (Å²) in [6, 6.07) is 0. The smallest absolute Gasteiger partial charge is 0.293 e. The van der Waals surface area contributed by atoms with E-state index >= 15 is 0 Å². The van der Waals surface area contributed by atoms with Crippen LogP contribution < -0.4 is 0 Å². The van der Waals surface area contributed by atoms with E-state index in [4.69, 9.17) is 0 Å². The predicted molar refractivity (Wildman–Crippen MR) is 104 cm³/mol. The van der Waals surface area contributed by atoms with E-state index in [1.807, 2.05) is 11.8 Å². The van der Waals surface area contributed by atoms with Gasteiger partial charge in [0.05, 0.1) is 5.39 Å². The van der Waals surface area contributed by atoms with Gasteiger partial charge in [-0.05, 0) is 44.1 Å². The van der Waals surface area contributed by atoms with Gasteiger partial charge in [-0.2, -0.15) is 0 Å². The fraction of sp³-hybridized carbons (Fsp3) is 0.579. The number of rotatable bonds is 5. The SMILES string of the molecule is CCCCN(CC)C(=O)c1nc2c3c4c(sc3ncn2n1)CCC[C@H]4C. The van der Waals surface area contributed by atoms with Crippen LogP contribution in [0.25, 0.3) is 15.9 Å². The summed E-state index contributed by atoms with van der Waals surface area (Å²) >= 11 is 1.77. The maximum Gasteiger partial charge on any atom is 0.293 e. The molecule has 1 aliphatic carbocycles. The molecule has 0 unspecified atom stereocenters. The summed E-state index contributed by atoms with van der Waals surface area (Å²) in [6.07, 6.45) is 7.29. The van der Waals surface area contributed by atoms with Gasteiger partial charge >= 0.3 is 0 Å². The van der Waals surface area contributed by atoms with Crippen LogP contribution in [-0.4, -0.2) is 43.5 Å². The number of thiophene rings is 1. The van der Waals surface area contributed by atoms with E-state index in [1.54, 1.807) is 22.2 Å². The Morgan fingerprint density at radius 1 is 1.42 bits per heavy atom. The van der Waals surface area contributed by atoms with E-state index < -0.39 is 0 Å². The molecule has 4 rings (SSSR count). The Balaban J connectivity index is 1.81. The van der Waals surface area contributed by atoms with Gasteiger partial charge in [0.2, 0.25) is 5.82 Å². The Morgan fingerprint density at radius 3 is 3.04 bits per heavy atom. The zero-order valence-corrected chi connectivity index (χ0v) is 16.5. The summed E-state index contributed by atoms with van der Waals surface area (Å²) in [5.41, 5.74) is 2.15. The zero-order chi connectivity index (χ0) is 18.3. The molecule has 0 aliphatic heterocycles. The minimum Gasteiger partial charge on any atom is -0.336 e. The highest BCUT2D eigenvalue weighted by Gasteiger charge is 2.26. The Morgan fingerprint density at radius 2 is 2.27 bits per heavy atom. The highest BCUT2D eigenvalue weighted by atomic mass is 32.1. The highest BCUT2D eigenvalue weighted by Crippen LogP contribution is 2.42. The van der Waals surface area contributed by atoms with Gasteiger partial charge in [-0.1, -0.05) is 20.3 Å². The van der Waals surface area contributed by atoms with Crippen molar-refractivity contribution in [3.8, 4) is 0 Å². The van der Waals surface area contributed by atoms with Crippen molar-refractivity contribution in [1.29, 1.82) is 0 Å². The van der Waals surface area contributed by atoms with Crippen molar-refractivity contribution in [3.63, 3.8) is 0 Å². The van der Waals surface area contributed by atoms with Crippen LogP contribution in [0.15, 0.2) is 6.33 Å². The molecule has 7 heteroatoms. The van der Waals surface area contributed by atoms with Gasteiger partial charge in [-0.15, -0.1) is 16.4 Å². The average Bonchev–Trinajstić information content (AvgIpc) is 3.23. The molecule has 138 valence electrons. The van der Waals surface area contributed by atoms with E-state index in [1.165, 1.54) is 23.3 Å². The van der Waals surface area contributed by atoms with Gasteiger partial charge in [-0.3, -0.25) is 4.79 Å². The molecule has 3 heterocycles. The lowest BCUT2D eigenvalue weighted by Crippen LogP contribution is -2.32. The molecule has 0 saturated heterocycles. The second-order valence-corrected chi connectivity index (χ2v) is 8.18. The number of carbonyl (C=O) groups is 1.